The smallest absolute Gasteiger partial charge is 0.326 e. The highest BCUT2D eigenvalue weighted by Gasteiger charge is 2.36. The molecule has 0 radical (unpaired) electrons. The van der Waals surface area contributed by atoms with Gasteiger partial charge in [-0.25, -0.2) is 9.59 Å². The largest absolute Gasteiger partial charge is 0.508 e. The molecule has 0 unspecified atom stereocenters. The summed E-state index contributed by atoms with van der Waals surface area (Å²) in [6.07, 6.45) is -1.45. The third kappa shape index (κ3) is 31.2. The molecule has 0 bridgehead atoms. The van der Waals surface area contributed by atoms with Gasteiger partial charge < -0.3 is 107 Å². The van der Waals surface area contributed by atoms with Crippen LogP contribution >= 0.6 is 12.6 Å². The van der Waals surface area contributed by atoms with E-state index < -0.39 is 156 Å². The molecular formula is C64H95N17O17S. The summed E-state index contributed by atoms with van der Waals surface area (Å²) in [6, 6.07) is 2.91. The monoisotopic (exact) mass is 1410 g/mol. The fraction of sp³-hybridized carbons (Fsp3) is 0.500. The molecule has 0 fully saturated rings. The first-order chi connectivity index (χ1) is 46.7. The number of aromatic hydroxyl groups is 2. The molecule has 3 rings (SSSR count). The summed E-state index contributed by atoms with van der Waals surface area (Å²) in [5.74, 6) is -14.4. The number of aliphatic imine (C=N–C) groups is 2. The van der Waals surface area contributed by atoms with Crippen molar-refractivity contribution in [2.24, 2.45) is 50.5 Å². The van der Waals surface area contributed by atoms with Crippen LogP contribution in [-0.4, -0.2) is 200 Å². The number of phenols is 2. The van der Waals surface area contributed by atoms with Crippen molar-refractivity contribution in [3.63, 3.8) is 0 Å². The molecule has 25 N–H and O–H groups in total. The Labute approximate surface area is 577 Å². The maximum absolute atomic E-state index is 14.5. The molecule has 0 aromatic heterocycles. The highest BCUT2D eigenvalue weighted by molar-refractivity contribution is 7.80. The summed E-state index contributed by atoms with van der Waals surface area (Å²) in [7, 11) is 0. The Hall–Kier alpha value is -10.3. The molecule has 0 aliphatic rings. The molecule has 99 heavy (non-hydrogen) atoms. The lowest BCUT2D eigenvalue weighted by atomic mass is 10.0. The van der Waals surface area contributed by atoms with Gasteiger partial charge >= 0.3 is 11.9 Å². The third-order valence-electron chi connectivity index (χ3n) is 14.9. The Morgan fingerprint density at radius 2 is 0.778 bits per heavy atom. The highest BCUT2D eigenvalue weighted by atomic mass is 32.1. The van der Waals surface area contributed by atoms with Crippen molar-refractivity contribution in [1.82, 2.24) is 53.2 Å². The molecule has 0 aliphatic heterocycles. The number of nitrogens with zero attached hydrogens (tertiary/aromatic N) is 2. The molecule has 3 aromatic carbocycles. The van der Waals surface area contributed by atoms with E-state index in [9.17, 15) is 83.1 Å². The van der Waals surface area contributed by atoms with Gasteiger partial charge in [-0.05, 0) is 98.2 Å². The van der Waals surface area contributed by atoms with E-state index in [0.29, 0.717) is 16.7 Å². The van der Waals surface area contributed by atoms with Gasteiger partial charge in [-0.2, -0.15) is 12.6 Å². The molecule has 0 saturated heterocycles. The SMILES string of the molecule is CC(C)C[C@H](NC(=O)[C@H](Cc1ccccc1)NC(=O)[C@H](CCCN=C(N)N)NC(=O)[C@H](Cc1ccc(O)cc1)NC(=O)[C@H](CO)NC(=O)[C@H](CS)NC(=O)C[C@H](NC(=O)[C@H](C)NC(=O)[C@H](CCCN=C(N)N)NC(=O)[C@H](Cc1ccc(O)cc1)NC(=O)[C@@H](N)CC(C)C)C(=O)O)C(=O)O. The van der Waals surface area contributed by atoms with E-state index in [1.807, 2.05) is 13.8 Å². The predicted molar refractivity (Wildman–Crippen MR) is 366 cm³/mol. The van der Waals surface area contributed by atoms with Gasteiger partial charge in [0.05, 0.1) is 19.1 Å². The minimum absolute atomic E-state index is 0.00467. The van der Waals surface area contributed by atoms with E-state index in [1.54, 1.807) is 44.2 Å². The minimum atomic E-state index is -2.01. The fourth-order valence-corrected chi connectivity index (χ4v) is 9.94. The number of thiol groups is 1. The molecular weight excluding hydrogens is 1310 g/mol. The Balaban J connectivity index is 1.82. The standard InChI is InChI=1S/C64H95N17O17S/c1-33(2)25-41(65)53(87)76-44(28-37-15-19-39(83)20-16-37)56(90)74-42(13-9-23-70-63(66)67)54(88)72-35(5)52(86)79-48(62(97)98)30-51(85)73-50(32-99)60(94)81-49(31-82)59(93)78-46(29-38-17-21-40(84)22-18-38)57(91)75-43(14-10-24-71-64(68)69)55(89)77-45(27-36-11-7-6-8-12-36)58(92)80-47(61(95)96)26-34(3)4/h6-8,11-12,15-22,33-35,41-50,82-84,99H,9-10,13-14,23-32,65H2,1-5H3,(H,72,88)(H,73,85)(H,74,90)(H,75,91)(H,76,87)(H,77,89)(H,78,93)(H,79,86)(H,80,92)(H,81,94)(H,95,96)(H,97,98)(H4,66,67,70)(H4,68,69,71)/t35-,41-,42-,43-,44-,45-,46-,47-,48-,49-,50-/m0/s1. The number of benzene rings is 3. The van der Waals surface area contributed by atoms with Crippen molar-refractivity contribution in [2.75, 3.05) is 25.4 Å². The van der Waals surface area contributed by atoms with Gasteiger partial charge in [-0.15, -0.1) is 0 Å². The molecule has 0 aliphatic carbocycles. The maximum atomic E-state index is 14.5. The summed E-state index contributed by atoms with van der Waals surface area (Å²) in [5.41, 5.74) is 29.5. The second-order valence-electron chi connectivity index (χ2n) is 24.3. The first-order valence-corrected chi connectivity index (χ1v) is 32.5. The number of aliphatic carboxylic acids is 2. The highest BCUT2D eigenvalue weighted by Crippen LogP contribution is 2.16. The van der Waals surface area contributed by atoms with Crippen LogP contribution in [0.4, 0.5) is 0 Å². The van der Waals surface area contributed by atoms with Crippen LogP contribution in [0.25, 0.3) is 0 Å². The summed E-state index contributed by atoms with van der Waals surface area (Å²) < 4.78 is 0. The van der Waals surface area contributed by atoms with Crippen LogP contribution < -0.4 is 81.8 Å². The molecule has 35 heteroatoms. The lowest BCUT2D eigenvalue weighted by Crippen LogP contribution is -2.61. The molecule has 3 aromatic rings. The molecule has 0 spiro atoms. The Kier molecular flexibility index (Phi) is 35.5. The number of hydrogen-bond acceptors (Lipinski definition) is 19. The quantitative estimate of drug-likeness (QED) is 0.0111. The zero-order valence-corrected chi connectivity index (χ0v) is 56.7. The Morgan fingerprint density at radius 3 is 1.18 bits per heavy atom. The molecule has 11 atom stereocenters. The summed E-state index contributed by atoms with van der Waals surface area (Å²) >= 11 is 4.14. The lowest BCUT2D eigenvalue weighted by Gasteiger charge is -2.27. The number of nitrogens with one attached hydrogen (secondary N) is 10. The Morgan fingerprint density at radius 1 is 0.424 bits per heavy atom. The number of amides is 10. The summed E-state index contributed by atoms with van der Waals surface area (Å²) in [4.78, 5) is 171. The van der Waals surface area contributed by atoms with Crippen LogP contribution in [0.5, 0.6) is 11.5 Å². The van der Waals surface area contributed by atoms with Crippen molar-refractivity contribution < 1.29 is 83.1 Å². The van der Waals surface area contributed by atoms with Gasteiger partial charge in [0.25, 0.3) is 0 Å². The molecule has 0 heterocycles. The number of carboxylic acids is 2. The van der Waals surface area contributed by atoms with Crippen LogP contribution in [0.1, 0.15) is 96.3 Å². The van der Waals surface area contributed by atoms with Crippen LogP contribution in [0.2, 0.25) is 0 Å². The van der Waals surface area contributed by atoms with E-state index >= 15 is 0 Å². The molecule has 544 valence electrons. The van der Waals surface area contributed by atoms with Crippen molar-refractivity contribution in [3.8, 4) is 11.5 Å². The number of aliphatic hydroxyl groups excluding tert-OH is 1. The van der Waals surface area contributed by atoms with E-state index in [1.165, 1.54) is 55.5 Å². The molecule has 34 nitrogen and oxygen atoms in total. The van der Waals surface area contributed by atoms with Crippen LogP contribution in [0.15, 0.2) is 88.8 Å². The number of phenolic OH excluding ortho intramolecular Hbond substituents is 2. The second kappa shape index (κ2) is 42.4. The summed E-state index contributed by atoms with van der Waals surface area (Å²) in [6.45, 7) is 7.22. The zero-order valence-electron chi connectivity index (χ0n) is 55.8. The van der Waals surface area contributed by atoms with E-state index in [4.69, 9.17) is 28.7 Å². The van der Waals surface area contributed by atoms with E-state index in [0.717, 1.165) is 0 Å². The fourth-order valence-electron chi connectivity index (χ4n) is 9.68. The summed E-state index contributed by atoms with van der Waals surface area (Å²) in [5, 5.41) is 74.9. The van der Waals surface area contributed by atoms with Crippen molar-refractivity contribution >= 4 is 95.6 Å². The number of guanidine groups is 2. The number of carbonyl (C=O) groups excluding carboxylic acids is 10. The van der Waals surface area contributed by atoms with Crippen LogP contribution in [-0.2, 0) is 76.8 Å². The lowest BCUT2D eigenvalue weighted by molar-refractivity contribution is -0.144. The number of nitrogens with two attached hydrogens (primary N) is 5. The first-order valence-electron chi connectivity index (χ1n) is 31.9. The zero-order chi connectivity index (χ0) is 74.1. The van der Waals surface area contributed by atoms with E-state index in [2.05, 4.69) is 75.8 Å². The normalized spacial score (nSPS) is 14.4. The van der Waals surface area contributed by atoms with Crippen LogP contribution in [0, 0.1) is 11.8 Å². The second-order valence-corrected chi connectivity index (χ2v) is 24.6. The first kappa shape index (κ1) is 82.9. The number of carbonyl (C=O) groups is 12. The van der Waals surface area contributed by atoms with Gasteiger partial charge in [0, 0.05) is 38.1 Å². The average molecular weight is 1410 g/mol. The number of carboxylic acid groups (broad SMARTS) is 2. The van der Waals surface area contributed by atoms with Gasteiger partial charge in [0.15, 0.2) is 11.9 Å². The van der Waals surface area contributed by atoms with E-state index in [-0.39, 0.29) is 106 Å². The van der Waals surface area contributed by atoms with Gasteiger partial charge in [0.1, 0.15) is 71.9 Å². The van der Waals surface area contributed by atoms with Crippen molar-refractivity contribution in [3.05, 3.63) is 95.6 Å². The topological polar surface area (TPSA) is 581 Å². The average Bonchev–Trinajstić information content (AvgIpc) is 0.866. The van der Waals surface area contributed by atoms with Gasteiger partial charge in [-0.3, -0.25) is 57.9 Å². The minimum Gasteiger partial charge on any atom is -0.508 e. The number of hydrogen-bond donors (Lipinski definition) is 21. The van der Waals surface area contributed by atoms with Gasteiger partial charge in [-0.1, -0.05) is 82.3 Å². The Bertz CT molecular complexity index is 3270. The van der Waals surface area contributed by atoms with Crippen LogP contribution in [0.3, 0.4) is 0 Å². The maximum Gasteiger partial charge on any atom is 0.326 e. The molecule has 10 amide bonds. The van der Waals surface area contributed by atoms with Crippen molar-refractivity contribution in [2.45, 2.75) is 165 Å². The number of rotatable bonds is 43. The molecule has 0 saturated carbocycles. The number of aliphatic hydroxyl groups is 1. The predicted octanol–water partition coefficient (Wildman–Crippen LogP) is -4.00. The third-order valence-corrected chi connectivity index (χ3v) is 15.2. The van der Waals surface area contributed by atoms with Gasteiger partial charge in [0.2, 0.25) is 59.1 Å². The van der Waals surface area contributed by atoms with Crippen molar-refractivity contribution in [1.29, 1.82) is 0 Å².